The number of nitrogens with zero attached hydrogens (tertiary/aromatic N) is 5. The second-order valence-electron chi connectivity index (χ2n) is 7.40. The van der Waals surface area contributed by atoms with E-state index in [0.29, 0.717) is 17.1 Å². The molecule has 3 aromatic heterocycles. The number of primary amides is 1. The highest BCUT2D eigenvalue weighted by Crippen LogP contribution is 2.28. The molecule has 0 spiro atoms. The Kier molecular flexibility index (Phi) is 9.83. The summed E-state index contributed by atoms with van der Waals surface area (Å²) in [5.41, 5.74) is 7.10. The van der Waals surface area contributed by atoms with Gasteiger partial charge in [0, 0.05) is 18.9 Å². The molecule has 1 amide bonds. The van der Waals surface area contributed by atoms with Crippen LogP contribution in [0.4, 0.5) is 17.6 Å². The molecule has 0 aliphatic rings. The van der Waals surface area contributed by atoms with E-state index in [1.165, 1.54) is 12.1 Å². The lowest BCUT2D eigenvalue weighted by Gasteiger charge is -2.04. The van der Waals surface area contributed by atoms with Gasteiger partial charge >= 0.3 is 6.18 Å². The number of amides is 1. The molecule has 2 N–H and O–H groups in total. The van der Waals surface area contributed by atoms with Crippen molar-refractivity contribution in [1.29, 1.82) is 0 Å². The minimum atomic E-state index is -4.28. The van der Waals surface area contributed by atoms with Crippen LogP contribution in [-0.4, -0.2) is 31.3 Å². The number of benzene rings is 1. The smallest absolute Gasteiger partial charge is 0.372 e. The number of aromatic nitrogens is 5. The van der Waals surface area contributed by atoms with Crippen molar-refractivity contribution in [2.75, 3.05) is 0 Å². The van der Waals surface area contributed by atoms with Gasteiger partial charge in [0.2, 0.25) is 12.2 Å². The maximum Gasteiger partial charge on any atom is 0.417 e. The molecular weight excluding hydrogens is 480 g/mol. The molecule has 0 radical (unpaired) electrons. The monoisotopic (exact) mass is 506 g/mol. The maximum absolute atomic E-state index is 14.1. The van der Waals surface area contributed by atoms with Gasteiger partial charge in [-0.2, -0.15) is 23.3 Å². The number of alkyl halides is 3. The van der Waals surface area contributed by atoms with E-state index in [1.54, 1.807) is 23.9 Å². The molecule has 0 bridgehead atoms. The number of carbonyl (C=O) groups excluding carboxylic acids is 1. The van der Waals surface area contributed by atoms with Crippen LogP contribution >= 0.6 is 0 Å². The molecule has 0 unspecified atom stereocenters. The number of rotatable bonds is 4. The summed E-state index contributed by atoms with van der Waals surface area (Å²) in [5, 5.41) is 8.10. The molecule has 0 atom stereocenters. The first kappa shape index (κ1) is 28.1. The first-order chi connectivity index (χ1) is 17.0. The highest BCUT2D eigenvalue weighted by molar-refractivity contribution is 5.61. The average molecular weight is 507 g/mol. The van der Waals surface area contributed by atoms with Gasteiger partial charge in [0.15, 0.2) is 0 Å². The van der Waals surface area contributed by atoms with Gasteiger partial charge in [-0.3, -0.25) is 14.5 Å². The molecular formula is C24H26F4N6O2. The Bertz CT molecular complexity index is 1270. The third kappa shape index (κ3) is 7.20. The number of hydrogen-bond donors (Lipinski definition) is 1. The summed E-state index contributed by atoms with van der Waals surface area (Å²) in [5.74, 6) is 0.272. The van der Waals surface area contributed by atoms with Gasteiger partial charge in [-0.25, -0.2) is 4.39 Å². The van der Waals surface area contributed by atoms with Crippen molar-refractivity contribution in [3.63, 3.8) is 0 Å². The zero-order chi connectivity index (χ0) is 26.9. The second kappa shape index (κ2) is 12.6. The fourth-order valence-corrected chi connectivity index (χ4v) is 3.10. The van der Waals surface area contributed by atoms with Gasteiger partial charge in [0.25, 0.3) is 5.89 Å². The molecule has 0 aliphatic heterocycles. The number of aryl methyl sites for hydroxylation is 3. The fraction of sp³-hybridized carbons (Fsp3) is 0.292. The topological polar surface area (TPSA) is 113 Å². The normalized spacial score (nSPS) is 10.7. The van der Waals surface area contributed by atoms with Gasteiger partial charge in [0.05, 0.1) is 28.6 Å². The third-order valence-electron chi connectivity index (χ3n) is 4.97. The number of hydrogen-bond acceptors (Lipinski definition) is 6. The second-order valence-corrected chi connectivity index (χ2v) is 7.40. The minimum absolute atomic E-state index is 0.250. The SMILES string of the molecule is CCc1ccc(-c2noc(-c3cnn(C)c3CC)n2)c(F)c1.Cc1ccc(C(F)(F)F)cn1.NC=O. The summed E-state index contributed by atoms with van der Waals surface area (Å²) in [6.45, 7) is 5.65. The maximum atomic E-state index is 14.1. The Balaban J connectivity index is 0.000000273. The predicted octanol–water partition coefficient (Wildman–Crippen LogP) is 4.91. The number of nitrogens with two attached hydrogens (primary N) is 1. The molecule has 1 aromatic carbocycles. The molecule has 12 heteroatoms. The van der Waals surface area contributed by atoms with Crippen LogP contribution in [0.3, 0.4) is 0 Å². The predicted molar refractivity (Wildman–Crippen MR) is 125 cm³/mol. The lowest BCUT2D eigenvalue weighted by atomic mass is 10.1. The Morgan fingerprint density at radius 2 is 1.78 bits per heavy atom. The van der Waals surface area contributed by atoms with Gasteiger partial charge in [-0.05, 0) is 49.6 Å². The van der Waals surface area contributed by atoms with E-state index in [0.717, 1.165) is 41.9 Å². The number of halogens is 4. The Labute approximate surface area is 205 Å². The molecule has 0 fully saturated rings. The molecule has 4 aromatic rings. The largest absolute Gasteiger partial charge is 0.417 e. The molecule has 3 heterocycles. The summed E-state index contributed by atoms with van der Waals surface area (Å²) in [6.07, 6.45) is 0.0655. The Hall–Kier alpha value is -4.09. The van der Waals surface area contributed by atoms with E-state index in [-0.39, 0.29) is 18.1 Å². The van der Waals surface area contributed by atoms with E-state index in [1.807, 2.05) is 27.0 Å². The van der Waals surface area contributed by atoms with Crippen molar-refractivity contribution in [3.05, 3.63) is 71.1 Å². The van der Waals surface area contributed by atoms with Crippen LogP contribution in [-0.2, 0) is 30.9 Å². The van der Waals surface area contributed by atoms with E-state index in [2.05, 4.69) is 26.0 Å². The van der Waals surface area contributed by atoms with Crippen molar-refractivity contribution in [2.45, 2.75) is 39.8 Å². The lowest BCUT2D eigenvalue weighted by Crippen LogP contribution is -2.05. The van der Waals surface area contributed by atoms with E-state index in [4.69, 9.17) is 9.32 Å². The van der Waals surface area contributed by atoms with E-state index < -0.39 is 11.7 Å². The van der Waals surface area contributed by atoms with Crippen LogP contribution < -0.4 is 5.73 Å². The van der Waals surface area contributed by atoms with Gasteiger partial charge in [0.1, 0.15) is 5.82 Å². The highest BCUT2D eigenvalue weighted by atomic mass is 19.4. The molecule has 8 nitrogen and oxygen atoms in total. The summed E-state index contributed by atoms with van der Waals surface area (Å²) < 4.78 is 56.8. The number of pyridine rings is 1. The Morgan fingerprint density at radius 1 is 1.08 bits per heavy atom. The summed E-state index contributed by atoms with van der Waals surface area (Å²) in [7, 11) is 1.86. The van der Waals surface area contributed by atoms with Crippen LogP contribution in [0.2, 0.25) is 0 Å². The first-order valence-electron chi connectivity index (χ1n) is 10.8. The summed E-state index contributed by atoms with van der Waals surface area (Å²) in [4.78, 5) is 16.4. The van der Waals surface area contributed by atoms with Crippen molar-refractivity contribution >= 4 is 6.41 Å². The van der Waals surface area contributed by atoms with Crippen LogP contribution in [0.1, 0.15) is 36.4 Å². The molecule has 4 rings (SSSR count). The number of carbonyl (C=O) groups is 1. The molecule has 0 saturated heterocycles. The van der Waals surface area contributed by atoms with Gasteiger partial charge < -0.3 is 10.3 Å². The van der Waals surface area contributed by atoms with Crippen LogP contribution in [0, 0.1) is 12.7 Å². The van der Waals surface area contributed by atoms with Crippen molar-refractivity contribution < 1.29 is 26.9 Å². The third-order valence-corrected chi connectivity index (χ3v) is 4.97. The fourth-order valence-electron chi connectivity index (χ4n) is 3.10. The first-order valence-corrected chi connectivity index (χ1v) is 10.8. The standard InChI is InChI=1S/C16H17FN4O.C7H6F3N.CH3NO/c1-4-10-6-7-11(13(17)8-10)15-19-16(22-20-15)12-9-18-21(3)14(12)5-2;1-5-2-3-6(4-11-5)7(8,9)10;2-1-3/h6-9H,4-5H2,1-3H3;2-4H,1H3;1H,(H2,2,3). The minimum Gasteiger partial charge on any atom is -0.372 e. The summed E-state index contributed by atoms with van der Waals surface area (Å²) in [6, 6.07) is 7.42. The lowest BCUT2D eigenvalue weighted by molar-refractivity contribution is -0.137. The summed E-state index contributed by atoms with van der Waals surface area (Å²) >= 11 is 0. The molecule has 0 saturated carbocycles. The molecule has 192 valence electrons. The van der Waals surface area contributed by atoms with E-state index in [9.17, 15) is 17.6 Å². The van der Waals surface area contributed by atoms with Crippen LogP contribution in [0.25, 0.3) is 22.8 Å². The van der Waals surface area contributed by atoms with E-state index >= 15 is 0 Å². The zero-order valence-electron chi connectivity index (χ0n) is 20.2. The van der Waals surface area contributed by atoms with Crippen molar-refractivity contribution in [2.24, 2.45) is 12.8 Å². The zero-order valence-corrected chi connectivity index (χ0v) is 20.2. The highest BCUT2D eigenvalue weighted by Gasteiger charge is 2.30. The average Bonchev–Trinajstić information content (AvgIpc) is 3.46. The van der Waals surface area contributed by atoms with Crippen molar-refractivity contribution in [1.82, 2.24) is 24.9 Å². The van der Waals surface area contributed by atoms with Gasteiger partial charge in [-0.1, -0.05) is 25.1 Å². The molecule has 36 heavy (non-hydrogen) atoms. The van der Waals surface area contributed by atoms with Crippen LogP contribution in [0.15, 0.2) is 47.2 Å². The molecule has 0 aliphatic carbocycles. The Morgan fingerprint density at radius 3 is 2.31 bits per heavy atom. The van der Waals surface area contributed by atoms with Crippen LogP contribution in [0.5, 0.6) is 0 Å². The van der Waals surface area contributed by atoms with Crippen molar-refractivity contribution in [3.8, 4) is 22.8 Å². The van der Waals surface area contributed by atoms with Gasteiger partial charge in [-0.15, -0.1) is 0 Å². The quantitative estimate of drug-likeness (QED) is 0.311.